The molecule has 1 unspecified atom stereocenters. The molecule has 0 aromatic heterocycles. The summed E-state index contributed by atoms with van der Waals surface area (Å²) in [5.41, 5.74) is 1.01. The molecule has 2 heterocycles. The van der Waals surface area contributed by atoms with E-state index >= 15 is 0 Å². The fourth-order valence-corrected chi connectivity index (χ4v) is 3.96. The van der Waals surface area contributed by atoms with Crippen molar-refractivity contribution in [2.75, 3.05) is 46.0 Å². The van der Waals surface area contributed by atoms with Crippen molar-refractivity contribution in [2.24, 2.45) is 10.9 Å². The SMILES string of the molecule is CCNC(=NCc1ccc(O)c(OCC)c1)NC1CCN(CC2CCOC2)CC1.I. The maximum atomic E-state index is 9.86. The largest absolute Gasteiger partial charge is 0.504 e. The molecule has 2 aliphatic rings. The van der Waals surface area contributed by atoms with Gasteiger partial charge < -0.3 is 30.1 Å². The van der Waals surface area contributed by atoms with Crippen molar-refractivity contribution >= 4 is 29.9 Å². The number of benzene rings is 1. The Balaban J connectivity index is 0.00000320. The van der Waals surface area contributed by atoms with Crippen molar-refractivity contribution in [1.29, 1.82) is 0 Å². The van der Waals surface area contributed by atoms with Crippen LogP contribution in [0.5, 0.6) is 11.5 Å². The molecule has 3 N–H and O–H groups in total. The van der Waals surface area contributed by atoms with Crippen molar-refractivity contribution in [3.05, 3.63) is 23.8 Å². The monoisotopic (exact) mass is 532 g/mol. The number of nitrogens with one attached hydrogen (secondary N) is 2. The average molecular weight is 532 g/mol. The Bertz CT molecular complexity index is 660. The first-order valence-electron chi connectivity index (χ1n) is 11.0. The van der Waals surface area contributed by atoms with Gasteiger partial charge in [0, 0.05) is 38.8 Å². The molecule has 1 aromatic rings. The third kappa shape index (κ3) is 7.77. The number of aliphatic imine (C=N–C) groups is 1. The van der Waals surface area contributed by atoms with Crippen molar-refractivity contribution in [1.82, 2.24) is 15.5 Å². The van der Waals surface area contributed by atoms with Crippen molar-refractivity contribution in [3.63, 3.8) is 0 Å². The van der Waals surface area contributed by atoms with Gasteiger partial charge in [0.1, 0.15) is 0 Å². The summed E-state index contributed by atoms with van der Waals surface area (Å²) in [6.45, 7) is 11.2. The first-order valence-corrected chi connectivity index (χ1v) is 11.0. The van der Waals surface area contributed by atoms with Crippen LogP contribution < -0.4 is 15.4 Å². The van der Waals surface area contributed by atoms with Crippen LogP contribution in [-0.2, 0) is 11.3 Å². The molecule has 0 amide bonds. The van der Waals surface area contributed by atoms with Gasteiger partial charge in [0.25, 0.3) is 0 Å². The third-order valence-electron chi connectivity index (χ3n) is 5.56. The molecular formula is C22H37IN4O3. The quantitative estimate of drug-likeness (QED) is 0.272. The van der Waals surface area contributed by atoms with E-state index < -0.39 is 0 Å². The first kappa shape index (κ1) is 25.0. The summed E-state index contributed by atoms with van der Waals surface area (Å²) in [4.78, 5) is 7.31. The van der Waals surface area contributed by atoms with Gasteiger partial charge in [-0.2, -0.15) is 0 Å². The number of nitrogens with zero attached hydrogens (tertiary/aromatic N) is 2. The minimum Gasteiger partial charge on any atom is -0.504 e. The van der Waals surface area contributed by atoms with E-state index in [1.165, 1.54) is 13.0 Å². The Morgan fingerprint density at radius 3 is 2.73 bits per heavy atom. The summed E-state index contributed by atoms with van der Waals surface area (Å²) in [7, 11) is 0. The van der Waals surface area contributed by atoms with Gasteiger partial charge in [-0.05, 0) is 56.7 Å². The second-order valence-electron chi connectivity index (χ2n) is 7.88. The highest BCUT2D eigenvalue weighted by Gasteiger charge is 2.24. The summed E-state index contributed by atoms with van der Waals surface area (Å²) in [5.74, 6) is 2.24. The van der Waals surface area contributed by atoms with Crippen molar-refractivity contribution in [2.45, 2.75) is 45.7 Å². The Kier molecular flexibility index (Phi) is 11.0. The molecule has 1 aromatic carbocycles. The van der Waals surface area contributed by atoms with Gasteiger partial charge >= 0.3 is 0 Å². The van der Waals surface area contributed by atoms with Gasteiger partial charge in [-0.25, -0.2) is 4.99 Å². The van der Waals surface area contributed by atoms with E-state index in [1.54, 1.807) is 6.07 Å². The van der Waals surface area contributed by atoms with E-state index in [-0.39, 0.29) is 29.7 Å². The molecule has 170 valence electrons. The van der Waals surface area contributed by atoms with Crippen LogP contribution in [0.2, 0.25) is 0 Å². The lowest BCUT2D eigenvalue weighted by molar-refractivity contribution is 0.150. The predicted octanol–water partition coefficient (Wildman–Crippen LogP) is 2.96. The molecule has 0 aliphatic carbocycles. The third-order valence-corrected chi connectivity index (χ3v) is 5.56. The van der Waals surface area contributed by atoms with Crippen molar-refractivity contribution < 1.29 is 14.6 Å². The van der Waals surface area contributed by atoms with E-state index in [0.29, 0.717) is 30.9 Å². The standard InChI is InChI=1S/C22H36N4O3.HI/c1-3-23-22(24-14-17-5-6-20(27)21(13-17)29-4-2)25-19-7-10-26(11-8-19)15-18-9-12-28-16-18;/h5-6,13,18-19,27H,3-4,7-12,14-16H2,1-2H3,(H2,23,24,25);1H. The maximum Gasteiger partial charge on any atom is 0.191 e. The Labute approximate surface area is 197 Å². The maximum absolute atomic E-state index is 9.86. The number of ether oxygens (including phenoxy) is 2. The summed E-state index contributed by atoms with van der Waals surface area (Å²) < 4.78 is 11.0. The molecule has 2 aliphatic heterocycles. The number of hydrogen-bond acceptors (Lipinski definition) is 5. The number of halogens is 1. The highest BCUT2D eigenvalue weighted by molar-refractivity contribution is 14.0. The van der Waals surface area contributed by atoms with Crippen LogP contribution in [0.1, 0.15) is 38.7 Å². The molecule has 2 fully saturated rings. The van der Waals surface area contributed by atoms with Gasteiger partial charge in [0.15, 0.2) is 17.5 Å². The zero-order valence-electron chi connectivity index (χ0n) is 18.2. The topological polar surface area (TPSA) is 78.4 Å². The second-order valence-corrected chi connectivity index (χ2v) is 7.88. The second kappa shape index (κ2) is 13.2. The minimum absolute atomic E-state index is 0. The summed E-state index contributed by atoms with van der Waals surface area (Å²) in [5, 5.41) is 16.8. The molecular weight excluding hydrogens is 495 g/mol. The zero-order chi connectivity index (χ0) is 20.5. The van der Waals surface area contributed by atoms with Gasteiger partial charge in [-0.15, -0.1) is 24.0 Å². The van der Waals surface area contributed by atoms with Crippen LogP contribution in [0.15, 0.2) is 23.2 Å². The number of aromatic hydroxyl groups is 1. The number of hydrogen-bond donors (Lipinski definition) is 3. The molecule has 7 nitrogen and oxygen atoms in total. The predicted molar refractivity (Wildman–Crippen MR) is 131 cm³/mol. The van der Waals surface area contributed by atoms with E-state index in [2.05, 4.69) is 22.5 Å². The molecule has 0 spiro atoms. The molecule has 0 radical (unpaired) electrons. The number of rotatable bonds is 8. The molecule has 30 heavy (non-hydrogen) atoms. The normalized spacial score (nSPS) is 20.6. The summed E-state index contributed by atoms with van der Waals surface area (Å²) in [6, 6.07) is 5.86. The van der Waals surface area contributed by atoms with Crippen LogP contribution in [0, 0.1) is 5.92 Å². The van der Waals surface area contributed by atoms with Crippen LogP contribution in [-0.4, -0.2) is 68.0 Å². The van der Waals surface area contributed by atoms with E-state index in [1.807, 2.05) is 19.1 Å². The lowest BCUT2D eigenvalue weighted by Gasteiger charge is -2.34. The molecule has 1 atom stereocenters. The Morgan fingerprint density at radius 1 is 1.27 bits per heavy atom. The van der Waals surface area contributed by atoms with Crippen LogP contribution in [0.4, 0.5) is 0 Å². The van der Waals surface area contributed by atoms with Crippen LogP contribution >= 0.6 is 24.0 Å². The average Bonchev–Trinajstić information content (AvgIpc) is 3.23. The molecule has 2 saturated heterocycles. The summed E-state index contributed by atoms with van der Waals surface area (Å²) >= 11 is 0. The van der Waals surface area contributed by atoms with E-state index in [0.717, 1.165) is 57.2 Å². The lowest BCUT2D eigenvalue weighted by Crippen LogP contribution is -2.49. The highest BCUT2D eigenvalue weighted by atomic mass is 127. The molecule has 0 bridgehead atoms. The number of phenolic OH excluding ortho intramolecular Hbond substituents is 1. The smallest absolute Gasteiger partial charge is 0.191 e. The van der Waals surface area contributed by atoms with Gasteiger partial charge in [0.05, 0.1) is 19.8 Å². The first-order chi connectivity index (χ1) is 14.2. The fraction of sp³-hybridized carbons (Fsp3) is 0.682. The summed E-state index contributed by atoms with van der Waals surface area (Å²) in [6.07, 6.45) is 3.47. The zero-order valence-corrected chi connectivity index (χ0v) is 20.6. The van der Waals surface area contributed by atoms with Gasteiger partial charge in [-0.3, -0.25) is 0 Å². The molecule has 0 saturated carbocycles. The Morgan fingerprint density at radius 2 is 2.07 bits per heavy atom. The van der Waals surface area contributed by atoms with Gasteiger partial charge in [-0.1, -0.05) is 6.07 Å². The van der Waals surface area contributed by atoms with E-state index in [9.17, 15) is 5.11 Å². The number of guanidine groups is 1. The number of likely N-dealkylation sites (tertiary alicyclic amines) is 1. The Hall–Kier alpha value is -1.26. The van der Waals surface area contributed by atoms with Crippen LogP contribution in [0.25, 0.3) is 0 Å². The molecule has 8 heteroatoms. The van der Waals surface area contributed by atoms with Crippen molar-refractivity contribution in [3.8, 4) is 11.5 Å². The number of phenols is 1. The molecule has 3 rings (SSSR count). The van der Waals surface area contributed by atoms with E-state index in [4.69, 9.17) is 14.5 Å². The van der Waals surface area contributed by atoms with Crippen LogP contribution in [0.3, 0.4) is 0 Å². The number of piperidine rings is 1. The highest BCUT2D eigenvalue weighted by Crippen LogP contribution is 2.27. The lowest BCUT2D eigenvalue weighted by atomic mass is 10.0. The van der Waals surface area contributed by atoms with Gasteiger partial charge in [0.2, 0.25) is 0 Å². The minimum atomic E-state index is 0. The fourth-order valence-electron chi connectivity index (χ4n) is 3.96.